The number of nitrogens with zero attached hydrogens (tertiary/aromatic N) is 4. The van der Waals surface area contributed by atoms with E-state index in [-0.39, 0.29) is 24.0 Å². The number of aryl methyl sites for hydroxylation is 1. The largest absolute Gasteiger partial charge is 0.468 e. The lowest BCUT2D eigenvalue weighted by atomic mass is 10.1. The Hall–Kier alpha value is -2.26. The summed E-state index contributed by atoms with van der Waals surface area (Å²) >= 11 is 0. The molecule has 2 aromatic heterocycles. The van der Waals surface area contributed by atoms with Crippen LogP contribution in [0, 0.1) is 0 Å². The van der Waals surface area contributed by atoms with Gasteiger partial charge < -0.3 is 19.2 Å². The molecule has 0 atom stereocenters. The van der Waals surface area contributed by atoms with E-state index in [1.54, 1.807) is 6.26 Å². The van der Waals surface area contributed by atoms with Crippen molar-refractivity contribution in [3.05, 3.63) is 83.6 Å². The molecule has 3 aromatic rings. The average molecular weight is 521 g/mol. The molecule has 0 fully saturated rings. The summed E-state index contributed by atoms with van der Waals surface area (Å²) in [6.07, 6.45) is 3.79. The van der Waals surface area contributed by atoms with E-state index in [1.165, 1.54) is 16.8 Å². The monoisotopic (exact) mass is 521 g/mol. The van der Waals surface area contributed by atoms with Crippen LogP contribution in [0.1, 0.15) is 22.6 Å². The highest BCUT2D eigenvalue weighted by molar-refractivity contribution is 14.0. The zero-order valence-electron chi connectivity index (χ0n) is 18.2. The van der Waals surface area contributed by atoms with E-state index in [0.717, 1.165) is 37.9 Å². The number of furan rings is 1. The fourth-order valence-corrected chi connectivity index (χ4v) is 3.44. The van der Waals surface area contributed by atoms with Crippen molar-refractivity contribution in [3.8, 4) is 0 Å². The Balaban J connectivity index is 0.00000320. The lowest BCUT2D eigenvalue weighted by molar-refractivity contribution is 0.287. The van der Waals surface area contributed by atoms with Gasteiger partial charge >= 0.3 is 0 Å². The van der Waals surface area contributed by atoms with Gasteiger partial charge in [0.1, 0.15) is 5.76 Å². The number of guanidine groups is 1. The highest BCUT2D eigenvalue weighted by Gasteiger charge is 2.11. The Morgan fingerprint density at radius 1 is 1.00 bits per heavy atom. The third-order valence-electron chi connectivity index (χ3n) is 5.03. The minimum absolute atomic E-state index is 0. The van der Waals surface area contributed by atoms with Gasteiger partial charge in [-0.05, 0) is 42.4 Å². The zero-order chi connectivity index (χ0) is 20.6. The molecule has 0 unspecified atom stereocenters. The van der Waals surface area contributed by atoms with Gasteiger partial charge in [-0.3, -0.25) is 9.89 Å². The second-order valence-corrected chi connectivity index (χ2v) is 7.39. The fourth-order valence-electron chi connectivity index (χ4n) is 3.44. The van der Waals surface area contributed by atoms with Crippen molar-refractivity contribution in [2.75, 3.05) is 21.1 Å². The topological polar surface area (TPSA) is 48.9 Å². The Morgan fingerprint density at radius 3 is 2.40 bits per heavy atom. The normalized spacial score (nSPS) is 11.4. The van der Waals surface area contributed by atoms with Crippen LogP contribution in [0.15, 0.2) is 70.4 Å². The van der Waals surface area contributed by atoms with Crippen LogP contribution >= 0.6 is 24.0 Å². The molecule has 2 heterocycles. The SMILES string of the molecule is CN=C(NCc1ccccc1CN(C)Cc1ccco1)N(C)Cc1cccn1C.I. The molecule has 30 heavy (non-hydrogen) atoms. The van der Waals surface area contributed by atoms with E-state index in [2.05, 4.69) is 88.4 Å². The predicted octanol–water partition coefficient (Wildman–Crippen LogP) is 4.08. The van der Waals surface area contributed by atoms with E-state index in [4.69, 9.17) is 4.42 Å². The second-order valence-electron chi connectivity index (χ2n) is 7.39. The van der Waals surface area contributed by atoms with Crippen LogP contribution in [0.25, 0.3) is 0 Å². The summed E-state index contributed by atoms with van der Waals surface area (Å²) in [6, 6.07) is 16.7. The molecule has 0 amide bonds. The molecule has 0 spiro atoms. The molecule has 0 aliphatic heterocycles. The first-order chi connectivity index (χ1) is 14.1. The average Bonchev–Trinajstić information content (AvgIpc) is 3.35. The quantitative estimate of drug-likeness (QED) is 0.276. The molecule has 7 heteroatoms. The third kappa shape index (κ3) is 6.63. The van der Waals surface area contributed by atoms with E-state index < -0.39 is 0 Å². The van der Waals surface area contributed by atoms with Gasteiger partial charge in [-0.2, -0.15) is 0 Å². The molecule has 0 aliphatic carbocycles. The van der Waals surface area contributed by atoms with Crippen molar-refractivity contribution < 1.29 is 4.42 Å². The van der Waals surface area contributed by atoms with Crippen LogP contribution in [0.5, 0.6) is 0 Å². The fraction of sp³-hybridized carbons (Fsp3) is 0.348. The van der Waals surface area contributed by atoms with Gasteiger partial charge in [-0.25, -0.2) is 0 Å². The Kier molecular flexibility index (Phi) is 9.45. The minimum Gasteiger partial charge on any atom is -0.468 e. The third-order valence-corrected chi connectivity index (χ3v) is 5.03. The van der Waals surface area contributed by atoms with Crippen LogP contribution in [0.2, 0.25) is 0 Å². The van der Waals surface area contributed by atoms with Crippen molar-refractivity contribution in [3.63, 3.8) is 0 Å². The summed E-state index contributed by atoms with van der Waals surface area (Å²) in [5.41, 5.74) is 3.82. The molecule has 1 N–H and O–H groups in total. The molecule has 6 nitrogen and oxygen atoms in total. The molecular weight excluding hydrogens is 489 g/mol. The van der Waals surface area contributed by atoms with Crippen LogP contribution in [-0.4, -0.2) is 41.5 Å². The number of halogens is 1. The first kappa shape index (κ1) is 24.0. The molecule has 0 aliphatic rings. The number of hydrogen-bond acceptors (Lipinski definition) is 3. The molecule has 1 aromatic carbocycles. The van der Waals surface area contributed by atoms with Crippen molar-refractivity contribution in [2.24, 2.45) is 12.0 Å². The van der Waals surface area contributed by atoms with Crippen LogP contribution in [0.3, 0.4) is 0 Å². The van der Waals surface area contributed by atoms with Crippen LogP contribution in [-0.2, 0) is 33.2 Å². The molecule has 0 saturated carbocycles. The number of hydrogen-bond donors (Lipinski definition) is 1. The maximum Gasteiger partial charge on any atom is 0.194 e. The molecule has 3 rings (SSSR count). The highest BCUT2D eigenvalue weighted by atomic mass is 127. The van der Waals surface area contributed by atoms with Crippen LogP contribution in [0.4, 0.5) is 0 Å². The summed E-state index contributed by atoms with van der Waals surface area (Å²) in [7, 11) is 8.06. The lowest BCUT2D eigenvalue weighted by Crippen LogP contribution is -2.38. The lowest BCUT2D eigenvalue weighted by Gasteiger charge is -2.23. The predicted molar refractivity (Wildman–Crippen MR) is 133 cm³/mol. The Morgan fingerprint density at radius 2 is 1.77 bits per heavy atom. The van der Waals surface area contributed by atoms with E-state index in [1.807, 2.05) is 19.2 Å². The second kappa shape index (κ2) is 11.8. The van der Waals surface area contributed by atoms with Gasteiger partial charge in [0.2, 0.25) is 0 Å². The minimum atomic E-state index is 0. The van der Waals surface area contributed by atoms with Gasteiger partial charge in [-0.1, -0.05) is 24.3 Å². The van der Waals surface area contributed by atoms with Gasteiger partial charge in [0.15, 0.2) is 5.96 Å². The number of aliphatic imine (C=N–C) groups is 1. The number of benzene rings is 1. The standard InChI is InChI=1S/C23H31N5O.HI/c1-24-23(28(4)17-21-11-7-13-27(21)3)25-15-19-9-5-6-10-20(19)16-26(2)18-22-12-8-14-29-22;/h5-14H,15-18H2,1-4H3,(H,24,25);1H. The molecular formula is C23H32IN5O. The van der Waals surface area contributed by atoms with Gasteiger partial charge in [0, 0.05) is 46.1 Å². The van der Waals surface area contributed by atoms with Gasteiger partial charge in [0.25, 0.3) is 0 Å². The summed E-state index contributed by atoms with van der Waals surface area (Å²) in [5, 5.41) is 3.51. The molecule has 162 valence electrons. The van der Waals surface area contributed by atoms with Crippen molar-refractivity contribution in [2.45, 2.75) is 26.2 Å². The number of nitrogens with one attached hydrogen (secondary N) is 1. The van der Waals surface area contributed by atoms with E-state index in [9.17, 15) is 0 Å². The zero-order valence-corrected chi connectivity index (χ0v) is 20.5. The highest BCUT2D eigenvalue weighted by Crippen LogP contribution is 2.14. The smallest absolute Gasteiger partial charge is 0.194 e. The maximum absolute atomic E-state index is 5.47. The first-order valence-corrected chi connectivity index (χ1v) is 9.86. The van der Waals surface area contributed by atoms with Crippen molar-refractivity contribution in [1.29, 1.82) is 0 Å². The summed E-state index contributed by atoms with van der Waals surface area (Å²) < 4.78 is 7.60. The van der Waals surface area contributed by atoms with Crippen LogP contribution < -0.4 is 5.32 Å². The number of rotatable bonds is 8. The summed E-state index contributed by atoms with van der Waals surface area (Å²) in [4.78, 5) is 8.85. The molecule has 0 radical (unpaired) electrons. The summed E-state index contributed by atoms with van der Waals surface area (Å²) in [5.74, 6) is 1.86. The molecule has 0 saturated heterocycles. The summed E-state index contributed by atoms with van der Waals surface area (Å²) in [6.45, 7) is 3.18. The maximum atomic E-state index is 5.47. The van der Waals surface area contributed by atoms with Crippen molar-refractivity contribution in [1.82, 2.24) is 19.7 Å². The van der Waals surface area contributed by atoms with E-state index >= 15 is 0 Å². The first-order valence-electron chi connectivity index (χ1n) is 9.86. The van der Waals surface area contributed by atoms with E-state index in [0.29, 0.717) is 0 Å². The Bertz CT molecular complexity index is 919. The molecule has 0 bridgehead atoms. The van der Waals surface area contributed by atoms with Gasteiger partial charge in [0.05, 0.1) is 19.4 Å². The van der Waals surface area contributed by atoms with Crippen molar-refractivity contribution >= 4 is 29.9 Å². The Labute approximate surface area is 196 Å². The van der Waals surface area contributed by atoms with Gasteiger partial charge in [-0.15, -0.1) is 24.0 Å². The number of aromatic nitrogens is 1.